The zero-order valence-electron chi connectivity index (χ0n) is 19.6. The van der Waals surface area contributed by atoms with Gasteiger partial charge in [0.1, 0.15) is 11.6 Å². The first-order valence-corrected chi connectivity index (χ1v) is 11.9. The normalized spacial score (nSPS) is 21.6. The summed E-state index contributed by atoms with van der Waals surface area (Å²) >= 11 is 0. The van der Waals surface area contributed by atoms with Gasteiger partial charge in [0.25, 0.3) is 11.8 Å². The van der Waals surface area contributed by atoms with Crippen molar-refractivity contribution in [1.29, 1.82) is 0 Å². The van der Waals surface area contributed by atoms with Crippen molar-refractivity contribution < 1.29 is 33.3 Å². The van der Waals surface area contributed by atoms with Crippen LogP contribution in [-0.2, 0) is 22.3 Å². The van der Waals surface area contributed by atoms with Gasteiger partial charge in [-0.05, 0) is 54.7 Å². The first kappa shape index (κ1) is 23.7. The van der Waals surface area contributed by atoms with Crippen molar-refractivity contribution in [1.82, 2.24) is 10.6 Å². The number of carbonyl (C=O) groups is 2. The molecule has 0 radical (unpaired) electrons. The predicted molar refractivity (Wildman–Crippen MR) is 124 cm³/mol. The number of benzene rings is 2. The van der Waals surface area contributed by atoms with Gasteiger partial charge in [0.2, 0.25) is 0 Å². The minimum Gasteiger partial charge on any atom is -0.492 e. The average Bonchev–Trinajstić information content (AvgIpc) is 3.30. The molecule has 5 rings (SSSR count). The van der Waals surface area contributed by atoms with Crippen LogP contribution in [0, 0.1) is 12.7 Å². The highest BCUT2D eigenvalue weighted by Gasteiger charge is 2.30. The molecule has 3 heterocycles. The third kappa shape index (κ3) is 4.89. The van der Waals surface area contributed by atoms with Gasteiger partial charge in [-0.2, -0.15) is 0 Å². The van der Waals surface area contributed by atoms with Crippen LogP contribution in [0.25, 0.3) is 0 Å². The van der Waals surface area contributed by atoms with Crippen LogP contribution in [0.5, 0.6) is 5.75 Å². The van der Waals surface area contributed by atoms with E-state index in [1.54, 1.807) is 12.1 Å². The van der Waals surface area contributed by atoms with Crippen LogP contribution in [0.4, 0.5) is 4.39 Å². The molecule has 35 heavy (non-hydrogen) atoms. The zero-order valence-corrected chi connectivity index (χ0v) is 19.6. The van der Waals surface area contributed by atoms with Crippen molar-refractivity contribution >= 4 is 11.8 Å². The van der Waals surface area contributed by atoms with E-state index in [2.05, 4.69) is 10.6 Å². The van der Waals surface area contributed by atoms with Crippen LogP contribution in [0.3, 0.4) is 0 Å². The van der Waals surface area contributed by atoms with E-state index in [4.69, 9.17) is 14.2 Å². The number of aliphatic hydroxyl groups excluding tert-OH is 1. The molecule has 2 amide bonds. The fourth-order valence-electron chi connectivity index (χ4n) is 4.74. The highest BCUT2D eigenvalue weighted by Crippen LogP contribution is 2.35. The molecule has 0 saturated carbocycles. The van der Waals surface area contributed by atoms with Crippen molar-refractivity contribution in [2.75, 3.05) is 33.0 Å². The van der Waals surface area contributed by atoms with Gasteiger partial charge in [0.05, 0.1) is 55.7 Å². The molecule has 0 aromatic heterocycles. The Morgan fingerprint density at radius 2 is 1.86 bits per heavy atom. The molecule has 9 heteroatoms. The fraction of sp³-hybridized carbons (Fsp3) is 0.462. The Balaban J connectivity index is 1.37. The van der Waals surface area contributed by atoms with Gasteiger partial charge in [-0.3, -0.25) is 9.59 Å². The average molecular weight is 485 g/mol. The van der Waals surface area contributed by atoms with E-state index < -0.39 is 23.9 Å². The molecule has 2 aromatic rings. The van der Waals surface area contributed by atoms with Crippen molar-refractivity contribution in [2.24, 2.45) is 0 Å². The fourth-order valence-corrected chi connectivity index (χ4v) is 4.74. The molecule has 2 atom stereocenters. The van der Waals surface area contributed by atoms with Crippen molar-refractivity contribution in [3.8, 4) is 5.75 Å². The highest BCUT2D eigenvalue weighted by atomic mass is 19.1. The Hall–Kier alpha value is -3.01. The van der Waals surface area contributed by atoms with Crippen LogP contribution >= 0.6 is 0 Å². The summed E-state index contributed by atoms with van der Waals surface area (Å²) in [5.74, 6) is -0.784. The lowest BCUT2D eigenvalue weighted by atomic mass is 9.91. The molecule has 2 aromatic carbocycles. The largest absolute Gasteiger partial charge is 0.492 e. The summed E-state index contributed by atoms with van der Waals surface area (Å²) in [7, 11) is 0. The summed E-state index contributed by atoms with van der Waals surface area (Å²) in [6, 6.07) is 5.91. The second kappa shape index (κ2) is 9.93. The number of hydrogen-bond donors (Lipinski definition) is 3. The molecular formula is C26H29FN2O6. The van der Waals surface area contributed by atoms with Crippen LogP contribution in [0.2, 0.25) is 0 Å². The summed E-state index contributed by atoms with van der Waals surface area (Å²) in [4.78, 5) is 25.5. The van der Waals surface area contributed by atoms with Crippen LogP contribution in [-0.4, -0.2) is 68.1 Å². The van der Waals surface area contributed by atoms with Gasteiger partial charge < -0.3 is 30.0 Å². The lowest BCUT2D eigenvalue weighted by molar-refractivity contribution is -0.0261. The molecular weight excluding hydrogens is 455 g/mol. The SMILES string of the molecule is Cc1c(Cc2ccc(C(=O)NC3COC3)c(F)c2)cc(C(=O)N[C@H]2CCOC[C@@H]2O)c2c1CCO2. The standard InChI is InChI=1S/C26H29FN2O6/c1-14-16(8-15-2-3-19(21(27)9-15)25(31)28-17-11-34-12-17)10-20(24-18(14)4-7-35-24)26(32)29-22-5-6-33-13-23(22)30/h2-3,9-10,17,22-23,30H,4-8,11-13H2,1H3,(H,28,31)(H,29,32)/t22-,23-/m0/s1. The van der Waals surface area contributed by atoms with Gasteiger partial charge in [-0.25, -0.2) is 4.39 Å². The van der Waals surface area contributed by atoms with Gasteiger partial charge in [-0.1, -0.05) is 6.07 Å². The summed E-state index contributed by atoms with van der Waals surface area (Å²) in [6.45, 7) is 4.01. The van der Waals surface area contributed by atoms with E-state index in [1.165, 1.54) is 12.1 Å². The molecule has 0 aliphatic carbocycles. The molecule has 0 unspecified atom stereocenters. The van der Waals surface area contributed by atoms with Crippen LogP contribution < -0.4 is 15.4 Å². The summed E-state index contributed by atoms with van der Waals surface area (Å²) in [5.41, 5.74) is 3.96. The summed E-state index contributed by atoms with van der Waals surface area (Å²) in [5, 5.41) is 15.8. The van der Waals surface area contributed by atoms with E-state index >= 15 is 0 Å². The van der Waals surface area contributed by atoms with E-state index in [0.29, 0.717) is 62.6 Å². The molecule has 2 saturated heterocycles. The molecule has 0 bridgehead atoms. The molecule has 8 nitrogen and oxygen atoms in total. The monoisotopic (exact) mass is 484 g/mol. The predicted octanol–water partition coefficient (Wildman–Crippen LogP) is 1.67. The summed E-state index contributed by atoms with van der Waals surface area (Å²) < 4.78 is 30.9. The van der Waals surface area contributed by atoms with Crippen LogP contribution in [0.15, 0.2) is 24.3 Å². The quantitative estimate of drug-likeness (QED) is 0.576. The van der Waals surface area contributed by atoms with Gasteiger partial charge in [-0.15, -0.1) is 0 Å². The smallest absolute Gasteiger partial charge is 0.255 e. The molecule has 186 valence electrons. The number of fused-ring (bicyclic) bond motifs is 1. The van der Waals surface area contributed by atoms with Gasteiger partial charge >= 0.3 is 0 Å². The molecule has 2 fully saturated rings. The molecule has 3 aliphatic heterocycles. The molecule has 3 N–H and O–H groups in total. The zero-order chi connectivity index (χ0) is 24.5. The third-order valence-corrected chi connectivity index (χ3v) is 6.90. The number of aliphatic hydroxyl groups is 1. The molecule has 3 aliphatic rings. The maximum absolute atomic E-state index is 14.8. The minimum atomic E-state index is -0.762. The van der Waals surface area contributed by atoms with E-state index in [0.717, 1.165) is 16.7 Å². The van der Waals surface area contributed by atoms with E-state index in [9.17, 15) is 19.1 Å². The van der Waals surface area contributed by atoms with E-state index in [1.807, 2.05) is 6.92 Å². The Morgan fingerprint density at radius 1 is 1.06 bits per heavy atom. The third-order valence-electron chi connectivity index (χ3n) is 6.90. The number of halogens is 1. The second-order valence-corrected chi connectivity index (χ2v) is 9.32. The number of hydrogen-bond acceptors (Lipinski definition) is 6. The Bertz CT molecular complexity index is 1150. The first-order valence-electron chi connectivity index (χ1n) is 11.9. The highest BCUT2D eigenvalue weighted by molar-refractivity contribution is 5.98. The number of rotatable bonds is 6. The lowest BCUT2D eigenvalue weighted by Crippen LogP contribution is -2.48. The minimum absolute atomic E-state index is 0.00480. The Labute approximate surface area is 202 Å². The number of nitrogens with one attached hydrogen (secondary N) is 2. The molecule has 0 spiro atoms. The van der Waals surface area contributed by atoms with Gasteiger partial charge in [0.15, 0.2) is 0 Å². The number of carbonyl (C=O) groups excluding carboxylic acids is 2. The maximum Gasteiger partial charge on any atom is 0.255 e. The lowest BCUT2D eigenvalue weighted by Gasteiger charge is -2.28. The van der Waals surface area contributed by atoms with Crippen molar-refractivity contribution in [3.05, 3.63) is 63.5 Å². The topological polar surface area (TPSA) is 106 Å². The van der Waals surface area contributed by atoms with E-state index in [-0.39, 0.29) is 24.1 Å². The summed E-state index contributed by atoms with van der Waals surface area (Å²) in [6.07, 6.45) is 0.853. The second-order valence-electron chi connectivity index (χ2n) is 9.32. The van der Waals surface area contributed by atoms with Crippen molar-refractivity contribution in [2.45, 2.75) is 44.4 Å². The maximum atomic E-state index is 14.8. The Kier molecular flexibility index (Phi) is 6.73. The van der Waals surface area contributed by atoms with Crippen molar-refractivity contribution in [3.63, 3.8) is 0 Å². The number of ether oxygens (including phenoxy) is 3. The number of amides is 2. The van der Waals surface area contributed by atoms with Crippen LogP contribution in [0.1, 0.15) is 49.4 Å². The Morgan fingerprint density at radius 3 is 2.57 bits per heavy atom. The van der Waals surface area contributed by atoms with Gasteiger partial charge in [0, 0.05) is 18.6 Å². The first-order chi connectivity index (χ1) is 16.9.